The molecule has 0 N–H and O–H groups in total. The van der Waals surface area contributed by atoms with E-state index in [1.165, 1.54) is 0 Å². The van der Waals surface area contributed by atoms with Crippen molar-refractivity contribution >= 4 is 0 Å². The first-order chi connectivity index (χ1) is 24.3. The Bertz CT molecular complexity index is 1990. The molecule has 8 aromatic rings. The lowest BCUT2D eigenvalue weighted by Gasteiger charge is -2.38. The molecular formula is C45H32N4. The van der Waals surface area contributed by atoms with Crippen LogP contribution in [0.4, 0.5) is 0 Å². The van der Waals surface area contributed by atoms with Gasteiger partial charge in [-0.15, -0.1) is 0 Å². The SMILES string of the molecule is c1ccc(-c2cccc(C(c3cccc(-c4ccccn4)c3)(c3cccc(-c4ccccn4)c3)c3cccc(-c4ccccn4)c3)c2)nc1. The summed E-state index contributed by atoms with van der Waals surface area (Å²) in [6.45, 7) is 0. The van der Waals surface area contributed by atoms with Crippen LogP contribution in [-0.4, -0.2) is 19.9 Å². The molecule has 232 valence electrons. The van der Waals surface area contributed by atoms with Crippen LogP contribution in [0.3, 0.4) is 0 Å². The molecule has 4 nitrogen and oxygen atoms in total. The standard InChI is InChI=1S/C45H32N4/c1-5-25-46-41(21-1)33-13-9-17-37(29-33)45(38-18-10-14-34(30-38)42-22-2-6-26-47-42,39-19-11-15-35(31-39)43-23-3-7-27-48-43)40-20-12-16-36(32-40)44-24-4-8-28-49-44/h1-32H. The lowest BCUT2D eigenvalue weighted by atomic mass is 9.64. The summed E-state index contributed by atoms with van der Waals surface area (Å²) in [7, 11) is 0. The summed E-state index contributed by atoms with van der Waals surface area (Å²) in [5, 5.41) is 0. The van der Waals surface area contributed by atoms with E-state index in [9.17, 15) is 0 Å². The molecule has 4 aromatic heterocycles. The van der Waals surface area contributed by atoms with E-state index in [1.54, 1.807) is 0 Å². The van der Waals surface area contributed by atoms with Crippen molar-refractivity contribution in [3.05, 3.63) is 217 Å². The van der Waals surface area contributed by atoms with E-state index in [-0.39, 0.29) is 0 Å². The first-order valence-electron chi connectivity index (χ1n) is 16.4. The molecular weight excluding hydrogens is 597 g/mol. The van der Waals surface area contributed by atoms with Crippen LogP contribution in [0.25, 0.3) is 45.0 Å². The molecule has 0 spiro atoms. The van der Waals surface area contributed by atoms with Gasteiger partial charge in [-0.05, 0) is 95.1 Å². The summed E-state index contributed by atoms with van der Waals surface area (Å²) in [5.74, 6) is 0. The van der Waals surface area contributed by atoms with Gasteiger partial charge in [0.1, 0.15) is 0 Å². The predicted molar refractivity (Wildman–Crippen MR) is 198 cm³/mol. The molecule has 4 heterocycles. The van der Waals surface area contributed by atoms with Crippen molar-refractivity contribution in [2.75, 3.05) is 0 Å². The summed E-state index contributed by atoms with van der Waals surface area (Å²) in [6.07, 6.45) is 7.38. The van der Waals surface area contributed by atoms with Crippen LogP contribution in [-0.2, 0) is 5.41 Å². The van der Waals surface area contributed by atoms with Crippen LogP contribution in [0, 0.1) is 0 Å². The van der Waals surface area contributed by atoms with Gasteiger partial charge in [0.05, 0.1) is 28.2 Å². The van der Waals surface area contributed by atoms with E-state index < -0.39 is 5.41 Å². The highest BCUT2D eigenvalue weighted by Crippen LogP contribution is 2.48. The van der Waals surface area contributed by atoms with Crippen LogP contribution in [0.2, 0.25) is 0 Å². The Kier molecular flexibility index (Phi) is 8.11. The fraction of sp³-hybridized carbons (Fsp3) is 0.0222. The molecule has 0 saturated carbocycles. The van der Waals surface area contributed by atoms with Gasteiger partial charge in [-0.3, -0.25) is 19.9 Å². The highest BCUT2D eigenvalue weighted by molar-refractivity contribution is 5.73. The average Bonchev–Trinajstić information content (AvgIpc) is 3.20. The summed E-state index contributed by atoms with van der Waals surface area (Å²) < 4.78 is 0. The third-order valence-corrected chi connectivity index (χ3v) is 9.02. The van der Waals surface area contributed by atoms with Crippen molar-refractivity contribution in [3.8, 4) is 45.0 Å². The van der Waals surface area contributed by atoms with Gasteiger partial charge in [0.25, 0.3) is 0 Å². The van der Waals surface area contributed by atoms with Crippen molar-refractivity contribution in [1.82, 2.24) is 19.9 Å². The number of benzene rings is 4. The molecule has 0 fully saturated rings. The highest BCUT2D eigenvalue weighted by atomic mass is 14.7. The molecule has 4 aromatic carbocycles. The Morgan fingerprint density at radius 2 is 0.531 bits per heavy atom. The molecule has 49 heavy (non-hydrogen) atoms. The first-order valence-corrected chi connectivity index (χ1v) is 16.4. The normalized spacial score (nSPS) is 11.3. The van der Waals surface area contributed by atoms with E-state index in [1.807, 2.05) is 73.3 Å². The van der Waals surface area contributed by atoms with E-state index >= 15 is 0 Å². The molecule has 0 unspecified atom stereocenters. The number of nitrogens with zero attached hydrogens (tertiary/aromatic N) is 4. The van der Waals surface area contributed by atoms with E-state index in [0.717, 1.165) is 67.3 Å². The van der Waals surface area contributed by atoms with Crippen LogP contribution < -0.4 is 0 Å². The zero-order valence-corrected chi connectivity index (χ0v) is 26.8. The van der Waals surface area contributed by atoms with Gasteiger partial charge in [-0.1, -0.05) is 97.1 Å². The molecule has 0 radical (unpaired) electrons. The molecule has 0 amide bonds. The molecule has 0 aliphatic heterocycles. The minimum Gasteiger partial charge on any atom is -0.256 e. The largest absolute Gasteiger partial charge is 0.256 e. The third kappa shape index (κ3) is 5.81. The summed E-state index contributed by atoms with van der Waals surface area (Å²) in [4.78, 5) is 18.9. The van der Waals surface area contributed by atoms with Gasteiger partial charge < -0.3 is 0 Å². The first kappa shape index (κ1) is 29.9. The fourth-order valence-corrected chi connectivity index (χ4v) is 6.78. The maximum Gasteiger partial charge on any atom is 0.0702 e. The van der Waals surface area contributed by atoms with Gasteiger partial charge >= 0.3 is 0 Å². The Labute approximate surface area is 286 Å². The monoisotopic (exact) mass is 628 g/mol. The zero-order chi connectivity index (χ0) is 32.9. The van der Waals surface area contributed by atoms with Gasteiger partial charge in [0.2, 0.25) is 0 Å². The van der Waals surface area contributed by atoms with Gasteiger partial charge in [-0.25, -0.2) is 0 Å². The Morgan fingerprint density at radius 1 is 0.265 bits per heavy atom. The van der Waals surface area contributed by atoms with Gasteiger partial charge in [0.15, 0.2) is 0 Å². The van der Waals surface area contributed by atoms with Crippen molar-refractivity contribution in [3.63, 3.8) is 0 Å². The summed E-state index contributed by atoms with van der Waals surface area (Å²) in [5.41, 5.74) is 11.6. The second kappa shape index (κ2) is 13.3. The van der Waals surface area contributed by atoms with Crippen molar-refractivity contribution in [2.24, 2.45) is 0 Å². The maximum atomic E-state index is 4.73. The lowest BCUT2D eigenvalue weighted by Crippen LogP contribution is -2.31. The molecule has 0 bridgehead atoms. The van der Waals surface area contributed by atoms with Gasteiger partial charge in [-0.2, -0.15) is 0 Å². The second-order valence-corrected chi connectivity index (χ2v) is 11.9. The Hall–Kier alpha value is -6.52. The van der Waals surface area contributed by atoms with Gasteiger partial charge in [0, 0.05) is 47.0 Å². The summed E-state index contributed by atoms with van der Waals surface area (Å²) >= 11 is 0. The fourth-order valence-electron chi connectivity index (χ4n) is 6.78. The van der Waals surface area contributed by atoms with Crippen LogP contribution in [0.1, 0.15) is 22.3 Å². The minimum atomic E-state index is -0.759. The molecule has 4 heteroatoms. The molecule has 0 atom stereocenters. The summed E-state index contributed by atoms with van der Waals surface area (Å²) in [6, 6.07) is 59.4. The number of pyridine rings is 4. The number of rotatable bonds is 8. The zero-order valence-electron chi connectivity index (χ0n) is 26.8. The molecule has 0 saturated heterocycles. The van der Waals surface area contributed by atoms with Crippen LogP contribution >= 0.6 is 0 Å². The minimum absolute atomic E-state index is 0.759. The Morgan fingerprint density at radius 3 is 0.755 bits per heavy atom. The second-order valence-electron chi connectivity index (χ2n) is 11.9. The predicted octanol–water partition coefficient (Wildman–Crippen LogP) is 10.3. The quantitative estimate of drug-likeness (QED) is 0.157. The maximum absolute atomic E-state index is 4.73. The number of hydrogen-bond acceptors (Lipinski definition) is 4. The average molecular weight is 629 g/mol. The third-order valence-electron chi connectivity index (χ3n) is 9.02. The van der Waals surface area contributed by atoms with E-state index in [0.29, 0.717) is 0 Å². The smallest absolute Gasteiger partial charge is 0.0702 e. The molecule has 8 rings (SSSR count). The highest BCUT2D eigenvalue weighted by Gasteiger charge is 2.39. The van der Waals surface area contributed by atoms with Crippen LogP contribution in [0.5, 0.6) is 0 Å². The van der Waals surface area contributed by atoms with Crippen LogP contribution in [0.15, 0.2) is 195 Å². The molecule has 0 aliphatic rings. The number of aromatic nitrogens is 4. The topological polar surface area (TPSA) is 51.6 Å². The molecule has 0 aliphatic carbocycles. The van der Waals surface area contributed by atoms with Crippen molar-refractivity contribution in [2.45, 2.75) is 5.41 Å². The van der Waals surface area contributed by atoms with Crippen molar-refractivity contribution in [1.29, 1.82) is 0 Å². The lowest BCUT2D eigenvalue weighted by molar-refractivity contribution is 0.746. The van der Waals surface area contributed by atoms with E-state index in [2.05, 4.69) is 121 Å². The Balaban J connectivity index is 1.47. The van der Waals surface area contributed by atoms with E-state index in [4.69, 9.17) is 19.9 Å². The van der Waals surface area contributed by atoms with Crippen molar-refractivity contribution < 1.29 is 0 Å². The number of hydrogen-bond donors (Lipinski definition) is 0.